The first-order chi connectivity index (χ1) is 8.88. The van der Waals surface area contributed by atoms with Gasteiger partial charge in [0.25, 0.3) is 0 Å². The Hall–Kier alpha value is -1.08. The van der Waals surface area contributed by atoms with Crippen LogP contribution in [0.1, 0.15) is 29.5 Å². The average molecular weight is 303 g/mol. The molecule has 0 unspecified atom stereocenters. The molecule has 94 valence electrons. The smallest absolute Gasteiger partial charge is 0.0283 e. The number of benzene rings is 2. The van der Waals surface area contributed by atoms with Crippen molar-refractivity contribution < 1.29 is 0 Å². The molecule has 0 N–H and O–H groups in total. The van der Waals surface area contributed by atoms with Gasteiger partial charge in [0.1, 0.15) is 0 Å². The number of halogens is 1. The van der Waals surface area contributed by atoms with Gasteiger partial charge < -0.3 is 0 Å². The number of alkyl halides is 1. The minimum atomic E-state index is 0.946. The van der Waals surface area contributed by atoms with Crippen LogP contribution in [-0.2, 0) is 18.2 Å². The van der Waals surface area contributed by atoms with Crippen molar-refractivity contribution in [3.63, 3.8) is 0 Å². The van der Waals surface area contributed by atoms with E-state index < -0.39 is 0 Å². The molecule has 0 bridgehead atoms. The Bertz CT molecular complexity index is 445. The van der Waals surface area contributed by atoms with Crippen LogP contribution in [0.4, 0.5) is 0 Å². The van der Waals surface area contributed by atoms with Crippen LogP contribution in [0.3, 0.4) is 0 Å². The van der Waals surface area contributed by atoms with E-state index in [1.807, 2.05) is 0 Å². The molecule has 0 atom stereocenters. The highest BCUT2D eigenvalue weighted by Gasteiger charge is 1.96. The molecular weight excluding hydrogens is 284 g/mol. The van der Waals surface area contributed by atoms with Crippen LogP contribution in [0, 0.1) is 0 Å². The van der Waals surface area contributed by atoms with E-state index in [2.05, 4.69) is 70.5 Å². The van der Waals surface area contributed by atoms with Crippen LogP contribution < -0.4 is 0 Å². The lowest BCUT2D eigenvalue weighted by atomic mass is 10.0. The Kier molecular flexibility index (Phi) is 5.47. The van der Waals surface area contributed by atoms with E-state index in [1.54, 1.807) is 0 Å². The molecule has 2 aromatic carbocycles. The first kappa shape index (κ1) is 13.4. The second-order valence-corrected chi connectivity index (χ2v) is 5.20. The van der Waals surface area contributed by atoms with Gasteiger partial charge in [-0.1, -0.05) is 70.5 Å². The van der Waals surface area contributed by atoms with Gasteiger partial charge in [0, 0.05) is 5.33 Å². The maximum atomic E-state index is 3.47. The zero-order chi connectivity index (χ0) is 12.6. The lowest BCUT2D eigenvalue weighted by molar-refractivity contribution is 0.734. The van der Waals surface area contributed by atoms with Gasteiger partial charge in [0.2, 0.25) is 0 Å². The summed E-state index contributed by atoms with van der Waals surface area (Å²) in [7, 11) is 0. The van der Waals surface area contributed by atoms with Gasteiger partial charge in [-0.15, -0.1) is 0 Å². The molecule has 0 saturated carbocycles. The summed E-state index contributed by atoms with van der Waals surface area (Å²) in [6.07, 6.45) is 4.92. The Balaban J connectivity index is 1.72. The SMILES string of the molecule is BrCc1ccc(CCCCc2ccccc2)cc1. The second-order valence-electron chi connectivity index (χ2n) is 4.64. The maximum Gasteiger partial charge on any atom is 0.0283 e. The molecule has 0 spiro atoms. The molecule has 18 heavy (non-hydrogen) atoms. The third kappa shape index (κ3) is 4.30. The first-order valence-corrected chi connectivity index (χ1v) is 7.68. The summed E-state index contributed by atoms with van der Waals surface area (Å²) in [5.74, 6) is 0. The van der Waals surface area contributed by atoms with Gasteiger partial charge in [-0.2, -0.15) is 0 Å². The minimum absolute atomic E-state index is 0.946. The summed E-state index contributed by atoms with van der Waals surface area (Å²) in [5, 5.41) is 0.946. The summed E-state index contributed by atoms with van der Waals surface area (Å²) < 4.78 is 0. The van der Waals surface area contributed by atoms with Crippen LogP contribution in [0.5, 0.6) is 0 Å². The lowest BCUT2D eigenvalue weighted by Crippen LogP contribution is -1.89. The molecule has 0 heterocycles. The standard InChI is InChI=1S/C17H19Br/c18-14-17-12-10-16(11-13-17)9-5-4-8-15-6-2-1-3-7-15/h1-3,6-7,10-13H,4-5,8-9,14H2. The van der Waals surface area contributed by atoms with Crippen LogP contribution in [0.25, 0.3) is 0 Å². The molecule has 0 saturated heterocycles. The van der Waals surface area contributed by atoms with Crippen LogP contribution in [-0.4, -0.2) is 0 Å². The fraction of sp³-hybridized carbons (Fsp3) is 0.294. The van der Waals surface area contributed by atoms with Crippen molar-refractivity contribution in [3.8, 4) is 0 Å². The normalized spacial score (nSPS) is 10.5. The zero-order valence-electron chi connectivity index (χ0n) is 10.6. The van der Waals surface area contributed by atoms with E-state index in [-0.39, 0.29) is 0 Å². The van der Waals surface area contributed by atoms with E-state index in [4.69, 9.17) is 0 Å². The van der Waals surface area contributed by atoms with Crippen LogP contribution in [0.15, 0.2) is 54.6 Å². The summed E-state index contributed by atoms with van der Waals surface area (Å²) in [4.78, 5) is 0. The van der Waals surface area contributed by atoms with Gasteiger partial charge in [-0.25, -0.2) is 0 Å². The van der Waals surface area contributed by atoms with Gasteiger partial charge in [0.05, 0.1) is 0 Å². The van der Waals surface area contributed by atoms with E-state index >= 15 is 0 Å². The third-order valence-corrected chi connectivity index (χ3v) is 3.85. The van der Waals surface area contributed by atoms with Gasteiger partial charge in [0.15, 0.2) is 0 Å². The Morgan fingerprint density at radius 3 is 1.67 bits per heavy atom. The largest absolute Gasteiger partial charge is 0.0876 e. The lowest BCUT2D eigenvalue weighted by Gasteiger charge is -2.03. The molecule has 0 nitrogen and oxygen atoms in total. The quantitative estimate of drug-likeness (QED) is 0.511. The van der Waals surface area contributed by atoms with Crippen LogP contribution >= 0.6 is 15.9 Å². The summed E-state index contributed by atoms with van der Waals surface area (Å²) in [6, 6.07) is 19.7. The number of hydrogen-bond donors (Lipinski definition) is 0. The molecule has 0 aliphatic carbocycles. The number of aryl methyl sites for hydroxylation is 2. The number of hydrogen-bond acceptors (Lipinski definition) is 0. The summed E-state index contributed by atoms with van der Waals surface area (Å²) in [6.45, 7) is 0. The second kappa shape index (κ2) is 7.38. The van der Waals surface area contributed by atoms with Crippen molar-refractivity contribution in [2.45, 2.75) is 31.0 Å². The van der Waals surface area contributed by atoms with E-state index in [0.717, 1.165) is 5.33 Å². The van der Waals surface area contributed by atoms with Gasteiger partial charge in [-0.3, -0.25) is 0 Å². The molecule has 2 aromatic rings. The zero-order valence-corrected chi connectivity index (χ0v) is 12.2. The van der Waals surface area contributed by atoms with Crippen molar-refractivity contribution in [2.75, 3.05) is 0 Å². The predicted molar refractivity (Wildman–Crippen MR) is 82.2 cm³/mol. The van der Waals surface area contributed by atoms with Crippen molar-refractivity contribution in [1.82, 2.24) is 0 Å². The molecule has 1 heteroatoms. The van der Waals surface area contributed by atoms with Gasteiger partial charge >= 0.3 is 0 Å². The van der Waals surface area contributed by atoms with Gasteiger partial charge in [-0.05, 0) is 42.4 Å². The molecule has 0 aliphatic heterocycles. The van der Waals surface area contributed by atoms with Crippen LogP contribution in [0.2, 0.25) is 0 Å². The number of rotatable bonds is 6. The maximum absolute atomic E-state index is 3.47. The molecule has 2 rings (SSSR count). The van der Waals surface area contributed by atoms with E-state index in [9.17, 15) is 0 Å². The summed E-state index contributed by atoms with van der Waals surface area (Å²) in [5.41, 5.74) is 4.25. The predicted octanol–water partition coefficient (Wildman–Crippen LogP) is 5.15. The van der Waals surface area contributed by atoms with Crippen molar-refractivity contribution in [1.29, 1.82) is 0 Å². The van der Waals surface area contributed by atoms with E-state index in [1.165, 1.54) is 42.4 Å². The Morgan fingerprint density at radius 1 is 0.611 bits per heavy atom. The molecule has 0 radical (unpaired) electrons. The molecular formula is C17H19Br. The molecule has 0 fully saturated rings. The monoisotopic (exact) mass is 302 g/mol. The topological polar surface area (TPSA) is 0 Å². The highest BCUT2D eigenvalue weighted by Crippen LogP contribution is 2.12. The molecule has 0 aromatic heterocycles. The highest BCUT2D eigenvalue weighted by atomic mass is 79.9. The Morgan fingerprint density at radius 2 is 1.11 bits per heavy atom. The number of unbranched alkanes of at least 4 members (excludes halogenated alkanes) is 1. The van der Waals surface area contributed by atoms with Crippen molar-refractivity contribution in [3.05, 3.63) is 71.3 Å². The fourth-order valence-electron chi connectivity index (χ4n) is 2.10. The minimum Gasteiger partial charge on any atom is -0.0876 e. The fourth-order valence-corrected chi connectivity index (χ4v) is 2.47. The molecule has 0 aliphatic rings. The Labute approximate surface area is 118 Å². The average Bonchev–Trinajstić information content (AvgIpc) is 2.45. The van der Waals surface area contributed by atoms with Crippen molar-refractivity contribution in [2.24, 2.45) is 0 Å². The third-order valence-electron chi connectivity index (χ3n) is 3.20. The highest BCUT2D eigenvalue weighted by molar-refractivity contribution is 9.08. The molecule has 0 amide bonds. The summed E-state index contributed by atoms with van der Waals surface area (Å²) >= 11 is 3.47. The van der Waals surface area contributed by atoms with E-state index in [0.29, 0.717) is 0 Å². The first-order valence-electron chi connectivity index (χ1n) is 6.56. The van der Waals surface area contributed by atoms with Crippen molar-refractivity contribution >= 4 is 15.9 Å².